The van der Waals surface area contributed by atoms with Crippen LogP contribution in [0.3, 0.4) is 0 Å². The van der Waals surface area contributed by atoms with Crippen LogP contribution in [0.25, 0.3) is 6.08 Å². The van der Waals surface area contributed by atoms with E-state index >= 15 is 0 Å². The van der Waals surface area contributed by atoms with Crippen LogP contribution >= 0.6 is 11.6 Å². The van der Waals surface area contributed by atoms with Gasteiger partial charge < -0.3 is 14.2 Å². The highest BCUT2D eigenvalue weighted by Gasteiger charge is 2.08. The standard InChI is InChI=1S/C20H23ClN2O/c1-22-13-10-17(11-14-22)4-7-19-3-2-12-23(19)15-16-24-20-8-5-18(21)6-9-20/h2-10,12H,11,13-16H2,1H3/p+1/b7-4+. The van der Waals surface area contributed by atoms with E-state index in [2.05, 4.69) is 48.2 Å². The first-order chi connectivity index (χ1) is 11.7. The fraction of sp³-hybridized carbons (Fsp3) is 0.300. The maximum Gasteiger partial charge on any atom is 0.119 e. The average Bonchev–Trinajstić information content (AvgIpc) is 3.04. The molecule has 0 aliphatic carbocycles. The van der Waals surface area contributed by atoms with Crippen molar-refractivity contribution in [2.75, 3.05) is 26.7 Å². The molecule has 126 valence electrons. The first-order valence-corrected chi connectivity index (χ1v) is 8.80. The van der Waals surface area contributed by atoms with Crippen LogP contribution < -0.4 is 9.64 Å². The molecule has 3 nitrogen and oxygen atoms in total. The number of halogens is 1. The first-order valence-electron chi connectivity index (χ1n) is 8.42. The Labute approximate surface area is 148 Å². The Morgan fingerprint density at radius 3 is 2.79 bits per heavy atom. The molecule has 0 bridgehead atoms. The minimum absolute atomic E-state index is 0.633. The number of hydrogen-bond acceptors (Lipinski definition) is 1. The lowest BCUT2D eigenvalue weighted by Gasteiger charge is -2.17. The van der Waals surface area contributed by atoms with E-state index in [1.807, 2.05) is 24.3 Å². The molecule has 1 atom stereocenters. The maximum atomic E-state index is 5.88. The summed E-state index contributed by atoms with van der Waals surface area (Å²) in [5, 5.41) is 0.727. The number of nitrogens with zero attached hydrogens (tertiary/aromatic N) is 1. The van der Waals surface area contributed by atoms with E-state index in [0.29, 0.717) is 6.61 Å². The van der Waals surface area contributed by atoms with Gasteiger partial charge in [0.25, 0.3) is 0 Å². The zero-order chi connectivity index (χ0) is 16.8. The van der Waals surface area contributed by atoms with Crippen molar-refractivity contribution in [3.8, 4) is 5.75 Å². The number of benzene rings is 1. The van der Waals surface area contributed by atoms with Gasteiger partial charge in [0.15, 0.2) is 0 Å². The molecule has 24 heavy (non-hydrogen) atoms. The molecule has 1 N–H and O–H groups in total. The summed E-state index contributed by atoms with van der Waals surface area (Å²) in [5.41, 5.74) is 2.65. The van der Waals surface area contributed by atoms with Crippen LogP contribution in [-0.4, -0.2) is 31.3 Å². The van der Waals surface area contributed by atoms with Gasteiger partial charge in [0.1, 0.15) is 12.4 Å². The number of nitrogens with one attached hydrogen (secondary N) is 1. The number of hydrogen-bond donors (Lipinski definition) is 1. The van der Waals surface area contributed by atoms with Gasteiger partial charge in [-0.25, -0.2) is 0 Å². The zero-order valence-electron chi connectivity index (χ0n) is 14.0. The molecular weight excluding hydrogens is 320 g/mol. The minimum atomic E-state index is 0.633. The highest BCUT2D eigenvalue weighted by Crippen LogP contribution is 2.16. The van der Waals surface area contributed by atoms with E-state index in [4.69, 9.17) is 16.3 Å². The quantitative estimate of drug-likeness (QED) is 0.853. The summed E-state index contributed by atoms with van der Waals surface area (Å²) in [6.45, 7) is 3.79. The molecule has 4 heteroatoms. The number of aromatic nitrogens is 1. The van der Waals surface area contributed by atoms with Gasteiger partial charge in [-0.05, 0) is 54.1 Å². The number of likely N-dealkylation sites (N-methyl/N-ethyl adjacent to an activating group) is 1. The predicted molar refractivity (Wildman–Crippen MR) is 99.7 cm³/mol. The van der Waals surface area contributed by atoms with Gasteiger partial charge in [-0.1, -0.05) is 17.7 Å². The molecule has 1 aliphatic rings. The Morgan fingerprint density at radius 2 is 2.04 bits per heavy atom. The van der Waals surface area contributed by atoms with Crippen LogP contribution in [0.2, 0.25) is 5.02 Å². The lowest BCUT2D eigenvalue weighted by Crippen LogP contribution is -3.09. The highest BCUT2D eigenvalue weighted by molar-refractivity contribution is 6.30. The van der Waals surface area contributed by atoms with E-state index < -0.39 is 0 Å². The fourth-order valence-electron chi connectivity index (χ4n) is 2.79. The number of ether oxygens (including phenoxy) is 1. The lowest BCUT2D eigenvalue weighted by molar-refractivity contribution is -0.874. The summed E-state index contributed by atoms with van der Waals surface area (Å²) >= 11 is 5.88. The molecule has 0 spiro atoms. The van der Waals surface area contributed by atoms with Crippen molar-refractivity contribution < 1.29 is 9.64 Å². The second-order valence-corrected chi connectivity index (χ2v) is 6.64. The third-order valence-corrected chi connectivity index (χ3v) is 4.55. The van der Waals surface area contributed by atoms with Crippen molar-refractivity contribution in [2.45, 2.75) is 13.0 Å². The Morgan fingerprint density at radius 1 is 1.21 bits per heavy atom. The molecule has 0 amide bonds. The summed E-state index contributed by atoms with van der Waals surface area (Å²) in [6, 6.07) is 11.7. The fourth-order valence-corrected chi connectivity index (χ4v) is 2.91. The van der Waals surface area contributed by atoms with Crippen molar-refractivity contribution in [2.24, 2.45) is 0 Å². The van der Waals surface area contributed by atoms with Gasteiger partial charge in [0, 0.05) is 23.3 Å². The second kappa shape index (κ2) is 8.22. The van der Waals surface area contributed by atoms with Crippen LogP contribution in [0.5, 0.6) is 5.75 Å². The zero-order valence-corrected chi connectivity index (χ0v) is 14.8. The maximum absolute atomic E-state index is 5.88. The highest BCUT2D eigenvalue weighted by atomic mass is 35.5. The minimum Gasteiger partial charge on any atom is -0.492 e. The Bertz CT molecular complexity index is 715. The Balaban J connectivity index is 1.54. The monoisotopic (exact) mass is 343 g/mol. The number of allylic oxidation sites excluding steroid dienone is 1. The van der Waals surface area contributed by atoms with Crippen molar-refractivity contribution in [1.29, 1.82) is 0 Å². The second-order valence-electron chi connectivity index (χ2n) is 6.20. The van der Waals surface area contributed by atoms with E-state index in [1.54, 1.807) is 4.90 Å². The van der Waals surface area contributed by atoms with Gasteiger partial charge >= 0.3 is 0 Å². The predicted octanol–water partition coefficient (Wildman–Crippen LogP) is 3.08. The molecule has 0 radical (unpaired) electrons. The molecule has 2 heterocycles. The Hall–Kier alpha value is -1.97. The number of quaternary nitrogens is 1. The van der Waals surface area contributed by atoms with Crippen molar-refractivity contribution in [3.63, 3.8) is 0 Å². The summed E-state index contributed by atoms with van der Waals surface area (Å²) in [7, 11) is 2.24. The molecule has 1 aromatic carbocycles. The lowest BCUT2D eigenvalue weighted by atomic mass is 10.1. The normalized spacial score (nSPS) is 17.9. The van der Waals surface area contributed by atoms with Gasteiger partial charge in [-0.2, -0.15) is 0 Å². The van der Waals surface area contributed by atoms with E-state index in [9.17, 15) is 0 Å². The van der Waals surface area contributed by atoms with E-state index in [0.717, 1.165) is 30.3 Å². The van der Waals surface area contributed by atoms with Crippen molar-refractivity contribution in [1.82, 2.24) is 4.57 Å². The van der Waals surface area contributed by atoms with Crippen LogP contribution in [0, 0.1) is 0 Å². The van der Waals surface area contributed by atoms with E-state index in [-0.39, 0.29) is 0 Å². The smallest absolute Gasteiger partial charge is 0.119 e. The molecule has 0 saturated heterocycles. The van der Waals surface area contributed by atoms with Crippen LogP contribution in [0.4, 0.5) is 0 Å². The molecule has 1 aromatic heterocycles. The summed E-state index contributed by atoms with van der Waals surface area (Å²) < 4.78 is 7.99. The van der Waals surface area contributed by atoms with E-state index in [1.165, 1.54) is 17.8 Å². The molecule has 3 rings (SSSR count). The van der Waals surface area contributed by atoms with Crippen LogP contribution in [-0.2, 0) is 6.54 Å². The molecule has 1 aliphatic heterocycles. The summed E-state index contributed by atoms with van der Waals surface area (Å²) in [5.74, 6) is 0.850. The van der Waals surface area contributed by atoms with Gasteiger partial charge in [0.05, 0.1) is 26.7 Å². The van der Waals surface area contributed by atoms with Crippen LogP contribution in [0.15, 0.2) is 60.3 Å². The summed E-state index contributed by atoms with van der Waals surface area (Å²) in [4.78, 5) is 1.58. The van der Waals surface area contributed by atoms with Crippen molar-refractivity contribution in [3.05, 3.63) is 71.0 Å². The molecule has 0 saturated carbocycles. The molecule has 1 unspecified atom stereocenters. The molecule has 0 fully saturated rings. The van der Waals surface area contributed by atoms with Gasteiger partial charge in [-0.3, -0.25) is 0 Å². The summed E-state index contributed by atoms with van der Waals surface area (Å²) in [6.07, 6.45) is 10.0. The Kier molecular flexibility index (Phi) is 5.78. The largest absolute Gasteiger partial charge is 0.492 e. The van der Waals surface area contributed by atoms with Gasteiger partial charge in [-0.15, -0.1) is 0 Å². The first kappa shape index (κ1) is 16.9. The SMILES string of the molecule is C[NH+]1CC=C(/C=C/c2cccn2CCOc2ccc(Cl)cc2)CC1. The average molecular weight is 344 g/mol. The van der Waals surface area contributed by atoms with Crippen LogP contribution in [0.1, 0.15) is 12.1 Å². The third-order valence-electron chi connectivity index (χ3n) is 4.30. The van der Waals surface area contributed by atoms with Crippen molar-refractivity contribution >= 4 is 17.7 Å². The number of rotatable bonds is 6. The van der Waals surface area contributed by atoms with Gasteiger partial charge in [0.2, 0.25) is 0 Å². The molecular formula is C20H24ClN2O+. The topological polar surface area (TPSA) is 18.6 Å². The third kappa shape index (κ3) is 4.76. The molecule has 2 aromatic rings.